The smallest absolute Gasteiger partial charge is 0.252 e. The van der Waals surface area contributed by atoms with E-state index in [9.17, 15) is 4.79 Å². The van der Waals surface area contributed by atoms with Crippen molar-refractivity contribution in [1.82, 2.24) is 25.5 Å². The van der Waals surface area contributed by atoms with Crippen LogP contribution in [0.4, 0.5) is 0 Å². The summed E-state index contributed by atoms with van der Waals surface area (Å²) in [6.45, 7) is 0.536. The van der Waals surface area contributed by atoms with Gasteiger partial charge in [0.1, 0.15) is 6.33 Å². The van der Waals surface area contributed by atoms with Crippen molar-refractivity contribution in [3.05, 3.63) is 71.0 Å². The average Bonchev–Trinajstić information content (AvgIpc) is 3.10. The van der Waals surface area contributed by atoms with Crippen LogP contribution in [0.5, 0.6) is 0 Å². The van der Waals surface area contributed by atoms with E-state index in [0.29, 0.717) is 22.8 Å². The molecular weight excluding hydrogens is 314 g/mol. The van der Waals surface area contributed by atoms with Crippen molar-refractivity contribution in [1.29, 1.82) is 0 Å². The van der Waals surface area contributed by atoms with E-state index in [0.717, 1.165) is 6.42 Å². The van der Waals surface area contributed by atoms with E-state index in [2.05, 4.69) is 20.8 Å². The number of amides is 1. The van der Waals surface area contributed by atoms with Gasteiger partial charge in [0.2, 0.25) is 0 Å². The molecule has 0 unspecified atom stereocenters. The van der Waals surface area contributed by atoms with E-state index in [4.69, 9.17) is 11.6 Å². The molecule has 23 heavy (non-hydrogen) atoms. The van der Waals surface area contributed by atoms with Gasteiger partial charge in [0, 0.05) is 6.54 Å². The van der Waals surface area contributed by atoms with E-state index in [-0.39, 0.29) is 5.91 Å². The maximum Gasteiger partial charge on any atom is 0.252 e. The molecule has 1 amide bonds. The number of hydrogen-bond donors (Lipinski definition) is 1. The summed E-state index contributed by atoms with van der Waals surface area (Å²) in [4.78, 5) is 12.3. The van der Waals surface area contributed by atoms with Crippen molar-refractivity contribution in [2.75, 3.05) is 6.54 Å². The molecule has 0 spiro atoms. The van der Waals surface area contributed by atoms with Gasteiger partial charge in [0.05, 0.1) is 16.3 Å². The number of hydrogen-bond acceptors (Lipinski definition) is 4. The monoisotopic (exact) mass is 327 g/mol. The summed E-state index contributed by atoms with van der Waals surface area (Å²) in [5.74, 6) is -0.221. The van der Waals surface area contributed by atoms with Crippen LogP contribution in [-0.4, -0.2) is 32.7 Å². The van der Waals surface area contributed by atoms with Crippen LogP contribution in [0.1, 0.15) is 15.9 Å². The molecule has 1 N–H and O–H groups in total. The SMILES string of the molecule is O=C(NCCc1ccccc1)c1cc(-n2cnnn2)ccc1Cl. The molecule has 2 aromatic carbocycles. The highest BCUT2D eigenvalue weighted by atomic mass is 35.5. The van der Waals surface area contributed by atoms with Crippen LogP contribution in [0.2, 0.25) is 5.02 Å². The predicted molar refractivity (Wildman–Crippen MR) is 86.6 cm³/mol. The molecule has 0 fully saturated rings. The lowest BCUT2D eigenvalue weighted by Gasteiger charge is -2.08. The molecule has 0 aliphatic carbocycles. The summed E-state index contributed by atoms with van der Waals surface area (Å²) in [6, 6.07) is 15.0. The summed E-state index contributed by atoms with van der Waals surface area (Å²) < 4.78 is 1.47. The van der Waals surface area contributed by atoms with Gasteiger partial charge < -0.3 is 5.32 Å². The number of nitrogens with one attached hydrogen (secondary N) is 1. The molecule has 1 aromatic heterocycles. The topological polar surface area (TPSA) is 72.7 Å². The standard InChI is InChI=1S/C16H14ClN5O/c17-15-7-6-13(22-11-19-20-21-22)10-14(15)16(23)18-9-8-12-4-2-1-3-5-12/h1-7,10-11H,8-9H2,(H,18,23). The fraction of sp³-hybridized carbons (Fsp3) is 0.125. The predicted octanol–water partition coefficient (Wildman–Crippen LogP) is 2.29. The summed E-state index contributed by atoms with van der Waals surface area (Å²) in [5, 5.41) is 14.2. The molecule has 7 heteroatoms. The lowest BCUT2D eigenvalue weighted by molar-refractivity contribution is 0.0954. The molecule has 3 aromatic rings. The molecule has 6 nitrogen and oxygen atoms in total. The first-order chi connectivity index (χ1) is 11.2. The number of carbonyl (C=O) groups is 1. The maximum absolute atomic E-state index is 12.3. The summed E-state index contributed by atoms with van der Waals surface area (Å²) in [7, 11) is 0. The third kappa shape index (κ3) is 3.73. The van der Waals surface area contributed by atoms with Crippen molar-refractivity contribution in [3.63, 3.8) is 0 Å². The van der Waals surface area contributed by atoms with Crippen molar-refractivity contribution in [2.45, 2.75) is 6.42 Å². The Kier molecular flexibility index (Phi) is 4.63. The van der Waals surface area contributed by atoms with E-state index >= 15 is 0 Å². The average molecular weight is 328 g/mol. The molecular formula is C16H14ClN5O. The summed E-state index contributed by atoms with van der Waals surface area (Å²) in [5.41, 5.74) is 2.24. The van der Waals surface area contributed by atoms with Gasteiger partial charge in [0.15, 0.2) is 0 Å². The van der Waals surface area contributed by atoms with Crippen molar-refractivity contribution in [2.24, 2.45) is 0 Å². The second kappa shape index (κ2) is 7.02. The van der Waals surface area contributed by atoms with Crippen LogP contribution in [0.3, 0.4) is 0 Å². The zero-order valence-corrected chi connectivity index (χ0v) is 12.9. The minimum Gasteiger partial charge on any atom is -0.352 e. The van der Waals surface area contributed by atoms with Crippen LogP contribution < -0.4 is 5.32 Å². The Morgan fingerprint density at radius 2 is 2.00 bits per heavy atom. The highest BCUT2D eigenvalue weighted by Gasteiger charge is 2.12. The fourth-order valence-corrected chi connectivity index (χ4v) is 2.37. The zero-order chi connectivity index (χ0) is 16.1. The van der Waals surface area contributed by atoms with E-state index in [1.54, 1.807) is 18.2 Å². The van der Waals surface area contributed by atoms with E-state index in [1.165, 1.54) is 16.6 Å². The highest BCUT2D eigenvalue weighted by molar-refractivity contribution is 6.33. The van der Waals surface area contributed by atoms with Gasteiger partial charge in [-0.2, -0.15) is 0 Å². The van der Waals surface area contributed by atoms with Crippen molar-refractivity contribution < 1.29 is 4.79 Å². The normalized spacial score (nSPS) is 10.5. The Balaban J connectivity index is 1.68. The molecule has 0 aliphatic heterocycles. The van der Waals surface area contributed by atoms with Crippen LogP contribution in [0.25, 0.3) is 5.69 Å². The van der Waals surface area contributed by atoms with Crippen LogP contribution in [0.15, 0.2) is 54.9 Å². The lowest BCUT2D eigenvalue weighted by atomic mass is 10.1. The Morgan fingerprint density at radius 1 is 1.17 bits per heavy atom. The number of halogens is 1. The number of benzene rings is 2. The van der Waals surface area contributed by atoms with Gasteiger partial charge in [0.25, 0.3) is 5.91 Å². The molecule has 0 radical (unpaired) electrons. The lowest BCUT2D eigenvalue weighted by Crippen LogP contribution is -2.26. The van der Waals surface area contributed by atoms with Gasteiger partial charge >= 0.3 is 0 Å². The molecule has 3 rings (SSSR count). The molecule has 116 valence electrons. The first kappa shape index (κ1) is 15.2. The van der Waals surface area contributed by atoms with Gasteiger partial charge in [-0.3, -0.25) is 4.79 Å². The Labute approximate surface area is 138 Å². The third-order valence-electron chi connectivity index (χ3n) is 3.35. The number of aromatic nitrogens is 4. The van der Waals surface area contributed by atoms with Gasteiger partial charge in [-0.15, -0.1) is 5.10 Å². The van der Waals surface area contributed by atoms with Crippen molar-refractivity contribution in [3.8, 4) is 5.69 Å². The molecule has 0 saturated heterocycles. The number of carbonyl (C=O) groups excluding carboxylic acids is 1. The Bertz CT molecular complexity index is 789. The third-order valence-corrected chi connectivity index (χ3v) is 3.68. The highest BCUT2D eigenvalue weighted by Crippen LogP contribution is 2.19. The molecule has 0 atom stereocenters. The Hall–Kier alpha value is -2.73. The quantitative estimate of drug-likeness (QED) is 0.780. The van der Waals surface area contributed by atoms with Crippen LogP contribution in [0, 0.1) is 0 Å². The molecule has 0 aliphatic rings. The van der Waals surface area contributed by atoms with Gasteiger partial charge in [-0.05, 0) is 40.6 Å². The Morgan fingerprint density at radius 3 is 2.74 bits per heavy atom. The number of tetrazole rings is 1. The first-order valence-electron chi connectivity index (χ1n) is 7.09. The molecule has 0 saturated carbocycles. The largest absolute Gasteiger partial charge is 0.352 e. The minimum absolute atomic E-state index is 0.221. The van der Waals surface area contributed by atoms with Crippen LogP contribution in [-0.2, 0) is 6.42 Å². The molecule has 0 bridgehead atoms. The van der Waals surface area contributed by atoms with Gasteiger partial charge in [-0.1, -0.05) is 41.9 Å². The second-order valence-corrected chi connectivity index (χ2v) is 5.32. The maximum atomic E-state index is 12.3. The zero-order valence-electron chi connectivity index (χ0n) is 12.2. The summed E-state index contributed by atoms with van der Waals surface area (Å²) >= 11 is 6.13. The van der Waals surface area contributed by atoms with Crippen molar-refractivity contribution >= 4 is 17.5 Å². The fourth-order valence-electron chi connectivity index (χ4n) is 2.17. The van der Waals surface area contributed by atoms with E-state index in [1.807, 2.05) is 30.3 Å². The van der Waals surface area contributed by atoms with E-state index < -0.39 is 0 Å². The number of nitrogens with zero attached hydrogens (tertiary/aromatic N) is 4. The summed E-state index contributed by atoms with van der Waals surface area (Å²) in [6.07, 6.45) is 2.22. The van der Waals surface area contributed by atoms with Crippen LogP contribution >= 0.6 is 11.6 Å². The molecule has 1 heterocycles. The van der Waals surface area contributed by atoms with Gasteiger partial charge in [-0.25, -0.2) is 4.68 Å². The second-order valence-electron chi connectivity index (χ2n) is 4.91. The minimum atomic E-state index is -0.221. The number of rotatable bonds is 5. The first-order valence-corrected chi connectivity index (χ1v) is 7.47.